The molecule has 0 saturated carbocycles. The minimum atomic E-state index is 0.170. The van der Waals surface area contributed by atoms with E-state index in [0.29, 0.717) is 12.4 Å². The predicted octanol–water partition coefficient (Wildman–Crippen LogP) is 2.39. The summed E-state index contributed by atoms with van der Waals surface area (Å²) in [5.41, 5.74) is 0. The minimum absolute atomic E-state index is 0.170. The molecule has 0 bridgehead atoms. The van der Waals surface area contributed by atoms with Gasteiger partial charge in [0.2, 0.25) is 0 Å². The van der Waals surface area contributed by atoms with E-state index in [1.54, 1.807) is 0 Å². The lowest BCUT2D eigenvalue weighted by Gasteiger charge is -2.05. The second-order valence-electron chi connectivity index (χ2n) is 2.10. The molecule has 3 heteroatoms. The van der Waals surface area contributed by atoms with Crippen LogP contribution in [0.3, 0.4) is 0 Å². The van der Waals surface area contributed by atoms with Crippen LogP contribution in [-0.2, 0) is 4.74 Å². The van der Waals surface area contributed by atoms with Crippen LogP contribution in [0.5, 0.6) is 5.75 Å². The number of rotatable bonds is 2. The lowest BCUT2D eigenvalue weighted by Crippen LogP contribution is -2.09. The highest BCUT2D eigenvalue weighted by molar-refractivity contribution is 7.79. The average molecular weight is 182 g/mol. The van der Waals surface area contributed by atoms with Gasteiger partial charge in [-0.1, -0.05) is 18.2 Å². The molecule has 64 valence electrons. The average Bonchev–Trinajstić information content (AvgIpc) is 2.06. The fourth-order valence-electron chi connectivity index (χ4n) is 0.732. The third-order valence-electron chi connectivity index (χ3n) is 1.21. The number of benzene rings is 1. The Hall–Kier alpha value is -1.09. The van der Waals surface area contributed by atoms with Crippen molar-refractivity contribution < 1.29 is 9.47 Å². The quantitative estimate of drug-likeness (QED) is 0.654. The van der Waals surface area contributed by atoms with Crippen LogP contribution in [-0.4, -0.2) is 11.8 Å². The molecule has 1 rings (SSSR count). The summed E-state index contributed by atoms with van der Waals surface area (Å²) in [4.78, 5) is 0. The van der Waals surface area contributed by atoms with Crippen LogP contribution in [0.4, 0.5) is 0 Å². The molecular formula is C9H10O2S. The van der Waals surface area contributed by atoms with Crippen molar-refractivity contribution >= 4 is 17.5 Å². The van der Waals surface area contributed by atoms with Crippen LogP contribution in [0.2, 0.25) is 0 Å². The van der Waals surface area contributed by atoms with Gasteiger partial charge in [-0.05, 0) is 19.1 Å². The summed E-state index contributed by atoms with van der Waals surface area (Å²) in [6.07, 6.45) is 0. The predicted molar refractivity (Wildman–Crippen MR) is 51.3 cm³/mol. The Morgan fingerprint density at radius 1 is 1.33 bits per heavy atom. The van der Waals surface area contributed by atoms with Gasteiger partial charge >= 0.3 is 5.24 Å². The maximum Gasteiger partial charge on any atom is 0.357 e. The molecule has 0 atom stereocenters. The van der Waals surface area contributed by atoms with Gasteiger partial charge in [0.15, 0.2) is 0 Å². The van der Waals surface area contributed by atoms with E-state index in [2.05, 4.69) is 0 Å². The van der Waals surface area contributed by atoms with Crippen LogP contribution in [0.1, 0.15) is 6.92 Å². The summed E-state index contributed by atoms with van der Waals surface area (Å²) in [5.74, 6) is 0.705. The molecule has 0 saturated heterocycles. The fraction of sp³-hybridized carbons (Fsp3) is 0.222. The molecule has 12 heavy (non-hydrogen) atoms. The molecule has 2 nitrogen and oxygen atoms in total. The number of hydrogen-bond acceptors (Lipinski definition) is 3. The Bertz CT molecular complexity index is 246. The van der Waals surface area contributed by atoms with E-state index < -0.39 is 0 Å². The third-order valence-corrected chi connectivity index (χ3v) is 1.41. The van der Waals surface area contributed by atoms with Gasteiger partial charge in [-0.2, -0.15) is 0 Å². The summed E-state index contributed by atoms with van der Waals surface area (Å²) in [5, 5.41) is 0.170. The molecule has 0 radical (unpaired) electrons. The van der Waals surface area contributed by atoms with Gasteiger partial charge in [-0.3, -0.25) is 0 Å². The van der Waals surface area contributed by atoms with Crippen LogP contribution in [0.15, 0.2) is 30.3 Å². The summed E-state index contributed by atoms with van der Waals surface area (Å²) in [6.45, 7) is 2.40. The van der Waals surface area contributed by atoms with Gasteiger partial charge < -0.3 is 9.47 Å². The van der Waals surface area contributed by atoms with E-state index in [1.807, 2.05) is 37.3 Å². The smallest absolute Gasteiger partial charge is 0.357 e. The van der Waals surface area contributed by atoms with Crippen molar-refractivity contribution in [2.45, 2.75) is 6.92 Å². The highest BCUT2D eigenvalue weighted by Gasteiger charge is 1.97. The van der Waals surface area contributed by atoms with E-state index in [0.717, 1.165) is 0 Å². The summed E-state index contributed by atoms with van der Waals surface area (Å²) < 4.78 is 10.1. The molecule has 0 spiro atoms. The molecule has 0 heterocycles. The van der Waals surface area contributed by atoms with E-state index in [-0.39, 0.29) is 5.24 Å². The zero-order valence-corrected chi connectivity index (χ0v) is 7.64. The zero-order valence-electron chi connectivity index (χ0n) is 6.82. The Kier molecular flexibility index (Phi) is 3.54. The van der Waals surface area contributed by atoms with Gasteiger partial charge in [-0.15, -0.1) is 0 Å². The molecule has 0 unspecified atom stereocenters. The Labute approximate surface area is 77.1 Å². The lowest BCUT2D eigenvalue weighted by atomic mass is 10.3. The van der Waals surface area contributed by atoms with Crippen molar-refractivity contribution in [1.82, 2.24) is 0 Å². The van der Waals surface area contributed by atoms with Gasteiger partial charge in [0.25, 0.3) is 0 Å². The van der Waals surface area contributed by atoms with Crippen LogP contribution >= 0.6 is 12.2 Å². The number of thiocarbonyl (C=S) groups is 1. The maximum atomic E-state index is 5.16. The number of ether oxygens (including phenoxy) is 2. The van der Waals surface area contributed by atoms with Gasteiger partial charge in [0.1, 0.15) is 5.75 Å². The molecular weight excluding hydrogens is 172 g/mol. The van der Waals surface area contributed by atoms with Crippen molar-refractivity contribution in [3.63, 3.8) is 0 Å². The standard InChI is InChI=1S/C9H10O2S/c1-2-10-9(12)11-8-6-4-3-5-7-8/h3-7H,2H2,1H3. The van der Waals surface area contributed by atoms with E-state index in [4.69, 9.17) is 21.7 Å². The molecule has 0 amide bonds. The van der Waals surface area contributed by atoms with E-state index in [1.165, 1.54) is 0 Å². The molecule has 1 aromatic carbocycles. The van der Waals surface area contributed by atoms with Gasteiger partial charge in [0, 0.05) is 12.2 Å². The largest absolute Gasteiger partial charge is 0.457 e. The van der Waals surface area contributed by atoms with E-state index >= 15 is 0 Å². The van der Waals surface area contributed by atoms with Crippen molar-refractivity contribution in [3.8, 4) is 5.75 Å². The first kappa shape index (κ1) is 9.00. The second kappa shape index (κ2) is 4.72. The van der Waals surface area contributed by atoms with Crippen molar-refractivity contribution in [2.75, 3.05) is 6.61 Å². The molecule has 0 aliphatic rings. The molecule has 0 N–H and O–H groups in total. The lowest BCUT2D eigenvalue weighted by molar-refractivity contribution is 0.264. The highest BCUT2D eigenvalue weighted by Crippen LogP contribution is 2.08. The second-order valence-corrected chi connectivity index (χ2v) is 2.43. The Balaban J connectivity index is 2.47. The molecule has 0 fully saturated rings. The normalized spacial score (nSPS) is 9.08. The fourth-order valence-corrected chi connectivity index (χ4v) is 0.946. The van der Waals surface area contributed by atoms with Crippen LogP contribution < -0.4 is 4.74 Å². The van der Waals surface area contributed by atoms with Crippen molar-refractivity contribution in [2.24, 2.45) is 0 Å². The van der Waals surface area contributed by atoms with Gasteiger partial charge in [0.05, 0.1) is 6.61 Å². The SMILES string of the molecule is CCOC(=S)Oc1ccccc1. The van der Waals surface area contributed by atoms with E-state index in [9.17, 15) is 0 Å². The molecule has 1 aromatic rings. The topological polar surface area (TPSA) is 18.5 Å². The Morgan fingerprint density at radius 3 is 2.58 bits per heavy atom. The maximum absolute atomic E-state index is 5.16. The number of para-hydroxylation sites is 1. The minimum Gasteiger partial charge on any atom is -0.457 e. The first-order valence-corrected chi connectivity index (χ1v) is 4.13. The molecule has 0 aliphatic carbocycles. The van der Waals surface area contributed by atoms with Crippen LogP contribution in [0, 0.1) is 0 Å². The van der Waals surface area contributed by atoms with Crippen molar-refractivity contribution in [1.29, 1.82) is 0 Å². The first-order chi connectivity index (χ1) is 5.83. The zero-order chi connectivity index (χ0) is 8.81. The monoisotopic (exact) mass is 182 g/mol. The van der Waals surface area contributed by atoms with Gasteiger partial charge in [-0.25, -0.2) is 0 Å². The highest BCUT2D eigenvalue weighted by atomic mass is 32.1. The Morgan fingerprint density at radius 2 is 2.00 bits per heavy atom. The van der Waals surface area contributed by atoms with Crippen molar-refractivity contribution in [3.05, 3.63) is 30.3 Å². The third kappa shape index (κ3) is 2.88. The first-order valence-electron chi connectivity index (χ1n) is 3.72. The molecule has 0 aromatic heterocycles. The summed E-state index contributed by atoms with van der Waals surface area (Å²) >= 11 is 4.79. The summed E-state index contributed by atoms with van der Waals surface area (Å²) in [7, 11) is 0. The molecule has 0 aliphatic heterocycles. The summed E-state index contributed by atoms with van der Waals surface area (Å²) in [6, 6.07) is 9.32. The number of hydrogen-bond donors (Lipinski definition) is 0. The van der Waals surface area contributed by atoms with Crippen LogP contribution in [0.25, 0.3) is 0 Å².